The Labute approximate surface area is 109 Å². The number of hydrogen-bond acceptors (Lipinski definition) is 0. The molecule has 2 aromatic rings. The smallest absolute Gasteiger partial charge is 0.00940 e. The van der Waals surface area contributed by atoms with E-state index in [1.54, 1.807) is 0 Å². The highest BCUT2D eigenvalue weighted by atomic mass is 14.1. The molecule has 0 aromatic heterocycles. The molecule has 0 aliphatic carbocycles. The van der Waals surface area contributed by atoms with E-state index in [2.05, 4.69) is 62.6 Å². The van der Waals surface area contributed by atoms with Crippen LogP contribution in [0.25, 0.3) is 16.3 Å². The summed E-state index contributed by atoms with van der Waals surface area (Å²) in [5.41, 5.74) is 3.85. The zero-order chi connectivity index (χ0) is 13.0. The molecule has 0 radical (unpaired) electrons. The molecule has 0 saturated heterocycles. The fourth-order valence-corrected chi connectivity index (χ4v) is 2.30. The van der Waals surface area contributed by atoms with Crippen LogP contribution in [0.15, 0.2) is 67.8 Å². The zero-order valence-electron chi connectivity index (χ0n) is 10.8. The van der Waals surface area contributed by atoms with Gasteiger partial charge >= 0.3 is 0 Å². The molecule has 0 spiro atoms. The van der Waals surface area contributed by atoms with Crippen molar-refractivity contribution in [1.29, 1.82) is 0 Å². The number of rotatable bonds is 4. The molecular weight excluding hydrogens is 216 g/mol. The van der Waals surface area contributed by atoms with Crippen LogP contribution in [0.3, 0.4) is 0 Å². The molecule has 0 amide bonds. The third-order valence-electron chi connectivity index (χ3n) is 3.17. The van der Waals surface area contributed by atoms with Crippen LogP contribution in [-0.4, -0.2) is 0 Å². The van der Waals surface area contributed by atoms with Gasteiger partial charge in [0, 0.05) is 0 Å². The van der Waals surface area contributed by atoms with Crippen molar-refractivity contribution in [3.63, 3.8) is 0 Å². The van der Waals surface area contributed by atoms with Crippen LogP contribution in [0.2, 0.25) is 0 Å². The number of aryl methyl sites for hydroxylation is 1. The van der Waals surface area contributed by atoms with E-state index in [4.69, 9.17) is 0 Å². The Bertz CT molecular complexity index is 615. The molecule has 2 rings (SSSR count). The lowest BCUT2D eigenvalue weighted by Gasteiger charge is -2.11. The van der Waals surface area contributed by atoms with Crippen LogP contribution in [0.5, 0.6) is 0 Å². The van der Waals surface area contributed by atoms with Crippen LogP contribution in [0.4, 0.5) is 0 Å². The van der Waals surface area contributed by atoms with Gasteiger partial charge in [0.15, 0.2) is 0 Å². The van der Waals surface area contributed by atoms with Crippen molar-refractivity contribution in [3.05, 3.63) is 78.9 Å². The van der Waals surface area contributed by atoms with Crippen molar-refractivity contribution < 1.29 is 0 Å². The Morgan fingerprint density at radius 3 is 2.44 bits per heavy atom. The van der Waals surface area contributed by atoms with Crippen LogP contribution >= 0.6 is 0 Å². The second-order valence-corrected chi connectivity index (χ2v) is 4.40. The zero-order valence-corrected chi connectivity index (χ0v) is 10.8. The minimum Gasteiger partial charge on any atom is -0.103 e. The van der Waals surface area contributed by atoms with E-state index >= 15 is 0 Å². The van der Waals surface area contributed by atoms with Gasteiger partial charge in [-0.25, -0.2) is 0 Å². The fraction of sp³-hybridized carbons (Fsp3) is 0.111. The summed E-state index contributed by atoms with van der Waals surface area (Å²) in [5, 5.41) is 2.61. The van der Waals surface area contributed by atoms with E-state index in [9.17, 15) is 0 Å². The SMILES string of the molecule is C=C/C=C(\CC=C)c1ccc(C)c2ccccc12. The average Bonchev–Trinajstić information content (AvgIpc) is 2.39. The highest BCUT2D eigenvalue weighted by Crippen LogP contribution is 2.29. The molecule has 2 aromatic carbocycles. The van der Waals surface area contributed by atoms with Crippen molar-refractivity contribution in [2.24, 2.45) is 0 Å². The van der Waals surface area contributed by atoms with Gasteiger partial charge in [-0.2, -0.15) is 0 Å². The molecule has 18 heavy (non-hydrogen) atoms. The minimum atomic E-state index is 0.860. The molecule has 0 aliphatic rings. The Morgan fingerprint density at radius 1 is 1.06 bits per heavy atom. The molecule has 0 N–H and O–H groups in total. The first-order chi connectivity index (χ1) is 8.77. The predicted molar refractivity (Wildman–Crippen MR) is 81.7 cm³/mol. The minimum absolute atomic E-state index is 0.860. The fourth-order valence-electron chi connectivity index (χ4n) is 2.30. The molecule has 0 aliphatic heterocycles. The summed E-state index contributed by atoms with van der Waals surface area (Å²) in [6, 6.07) is 12.9. The van der Waals surface area contributed by atoms with Gasteiger partial charge < -0.3 is 0 Å². The van der Waals surface area contributed by atoms with Crippen molar-refractivity contribution >= 4 is 16.3 Å². The van der Waals surface area contributed by atoms with Gasteiger partial charge in [-0.05, 0) is 40.8 Å². The van der Waals surface area contributed by atoms with Gasteiger partial charge in [0.2, 0.25) is 0 Å². The van der Waals surface area contributed by atoms with Gasteiger partial charge in [0.05, 0.1) is 0 Å². The maximum Gasteiger partial charge on any atom is -0.00940 e. The summed E-state index contributed by atoms with van der Waals surface area (Å²) in [6.07, 6.45) is 6.70. The maximum absolute atomic E-state index is 3.83. The number of hydrogen-bond donors (Lipinski definition) is 0. The predicted octanol–water partition coefficient (Wildman–Crippen LogP) is 5.29. The summed E-state index contributed by atoms with van der Waals surface area (Å²) in [4.78, 5) is 0. The first-order valence-corrected chi connectivity index (χ1v) is 6.19. The summed E-state index contributed by atoms with van der Waals surface area (Å²) in [6.45, 7) is 9.78. The molecule has 0 heterocycles. The van der Waals surface area contributed by atoms with E-state index < -0.39 is 0 Å². The summed E-state index contributed by atoms with van der Waals surface area (Å²) >= 11 is 0. The van der Waals surface area contributed by atoms with Crippen molar-refractivity contribution in [2.45, 2.75) is 13.3 Å². The Balaban J connectivity index is 2.70. The van der Waals surface area contributed by atoms with Crippen molar-refractivity contribution in [2.75, 3.05) is 0 Å². The normalized spacial score (nSPS) is 11.5. The van der Waals surface area contributed by atoms with E-state index in [-0.39, 0.29) is 0 Å². The second-order valence-electron chi connectivity index (χ2n) is 4.40. The van der Waals surface area contributed by atoms with Gasteiger partial charge in [-0.15, -0.1) is 6.58 Å². The second kappa shape index (κ2) is 5.50. The molecule has 0 bridgehead atoms. The monoisotopic (exact) mass is 234 g/mol. The molecule has 0 fully saturated rings. The lowest BCUT2D eigenvalue weighted by atomic mass is 9.93. The molecule has 0 atom stereocenters. The largest absolute Gasteiger partial charge is 0.103 e. The van der Waals surface area contributed by atoms with Crippen molar-refractivity contribution in [3.8, 4) is 0 Å². The summed E-state index contributed by atoms with van der Waals surface area (Å²) in [7, 11) is 0. The molecular formula is C18H18. The molecule has 0 unspecified atom stereocenters. The Hall–Kier alpha value is -2.08. The Morgan fingerprint density at radius 2 is 1.78 bits per heavy atom. The van der Waals surface area contributed by atoms with Crippen LogP contribution in [0, 0.1) is 6.92 Å². The van der Waals surface area contributed by atoms with E-state index in [0.717, 1.165) is 6.42 Å². The molecule has 0 heteroatoms. The number of fused-ring (bicyclic) bond motifs is 1. The lowest BCUT2D eigenvalue weighted by Crippen LogP contribution is -1.88. The van der Waals surface area contributed by atoms with Gasteiger partial charge in [0.1, 0.15) is 0 Å². The highest BCUT2D eigenvalue weighted by molar-refractivity contribution is 5.96. The summed E-state index contributed by atoms with van der Waals surface area (Å²) < 4.78 is 0. The number of benzene rings is 2. The quantitative estimate of drug-likeness (QED) is 0.498. The first kappa shape index (κ1) is 12.4. The first-order valence-electron chi connectivity index (χ1n) is 6.19. The lowest BCUT2D eigenvalue weighted by molar-refractivity contribution is 1.40. The van der Waals surface area contributed by atoms with E-state index in [1.807, 2.05) is 12.2 Å². The average molecular weight is 234 g/mol. The Kier molecular flexibility index (Phi) is 3.78. The standard InChI is InChI=1S/C18H18/c1-4-8-15(9-5-2)17-13-12-14(3)16-10-6-7-11-18(16)17/h4-8,10-13H,1-2,9H2,3H3/b15-8+. The van der Waals surface area contributed by atoms with Crippen LogP contribution in [0.1, 0.15) is 17.5 Å². The van der Waals surface area contributed by atoms with Crippen LogP contribution < -0.4 is 0 Å². The third-order valence-corrected chi connectivity index (χ3v) is 3.17. The van der Waals surface area contributed by atoms with Crippen molar-refractivity contribution in [1.82, 2.24) is 0 Å². The molecule has 90 valence electrons. The van der Waals surface area contributed by atoms with Gasteiger partial charge in [0.25, 0.3) is 0 Å². The highest BCUT2D eigenvalue weighted by Gasteiger charge is 2.06. The van der Waals surface area contributed by atoms with E-state index in [1.165, 1.54) is 27.5 Å². The van der Waals surface area contributed by atoms with Crippen LogP contribution in [-0.2, 0) is 0 Å². The topological polar surface area (TPSA) is 0 Å². The van der Waals surface area contributed by atoms with E-state index in [0.29, 0.717) is 0 Å². The third kappa shape index (κ3) is 2.28. The molecule has 0 saturated carbocycles. The van der Waals surface area contributed by atoms with Gasteiger partial charge in [-0.3, -0.25) is 0 Å². The molecule has 0 nitrogen and oxygen atoms in total. The maximum atomic E-state index is 3.83. The number of allylic oxidation sites excluding steroid dienone is 4. The summed E-state index contributed by atoms with van der Waals surface area (Å²) in [5.74, 6) is 0. The van der Waals surface area contributed by atoms with Gasteiger partial charge in [-0.1, -0.05) is 61.2 Å².